The van der Waals surface area contributed by atoms with Crippen LogP contribution in [0.2, 0.25) is 0 Å². The summed E-state index contributed by atoms with van der Waals surface area (Å²) in [5.41, 5.74) is 34.1. The van der Waals surface area contributed by atoms with Crippen LogP contribution in [0.25, 0.3) is 0 Å². The molecule has 24 N–H and O–H groups in total. The Morgan fingerprint density at radius 3 is 0.944 bits per heavy atom. The summed E-state index contributed by atoms with van der Waals surface area (Å²) in [5, 5.41) is 52.8. The molecule has 0 aromatic heterocycles. The first-order valence-corrected chi connectivity index (χ1v) is 42.5. The first kappa shape index (κ1) is 113. The highest BCUT2D eigenvalue weighted by atomic mass is 16.5. The van der Waals surface area contributed by atoms with Gasteiger partial charge in [0, 0.05) is 162 Å². The monoisotopic (exact) mass is 1770 g/mol. The summed E-state index contributed by atoms with van der Waals surface area (Å²) in [6, 6.07) is 9.93. The molecular weight excluding hydrogens is 1630 g/mol. The highest BCUT2D eigenvalue weighted by Crippen LogP contribution is 2.30. The summed E-state index contributed by atoms with van der Waals surface area (Å²) in [7, 11) is 0. The van der Waals surface area contributed by atoms with Crippen LogP contribution in [0.1, 0.15) is 182 Å². The van der Waals surface area contributed by atoms with Crippen LogP contribution in [0.3, 0.4) is 0 Å². The number of amides is 12. The molecule has 0 bridgehead atoms. The van der Waals surface area contributed by atoms with Crippen LogP contribution in [0.4, 0.5) is 31.4 Å². The lowest BCUT2D eigenvalue weighted by atomic mass is 9.89. The van der Waals surface area contributed by atoms with Gasteiger partial charge in [0.15, 0.2) is 28.9 Å². The van der Waals surface area contributed by atoms with Gasteiger partial charge < -0.3 is 131 Å². The number of nitrogens with two attached hydrogens (primary N) is 6. The molecule has 704 valence electrons. The fourth-order valence-electron chi connectivity index (χ4n) is 12.3. The van der Waals surface area contributed by atoms with Gasteiger partial charge >= 0.3 is 18.1 Å². The van der Waals surface area contributed by atoms with E-state index in [1.807, 2.05) is 13.8 Å². The van der Waals surface area contributed by atoms with Crippen molar-refractivity contribution >= 4 is 99.5 Å². The van der Waals surface area contributed by atoms with Crippen molar-refractivity contribution in [1.82, 2.24) is 31.9 Å². The number of aliphatic hydroxyl groups excluding tert-OH is 3. The highest BCUT2D eigenvalue weighted by molar-refractivity contribution is 6.00. The number of hydrogen-bond donors (Lipinski definition) is 18. The highest BCUT2D eigenvalue weighted by Gasteiger charge is 2.33. The van der Waals surface area contributed by atoms with Crippen molar-refractivity contribution in [1.29, 1.82) is 0 Å². The number of ketones is 5. The molecule has 0 aliphatic rings. The maximum absolute atomic E-state index is 13.4. The minimum atomic E-state index is -0.775. The third-order valence-electron chi connectivity index (χ3n) is 18.8. The molecule has 3 rings (SSSR count). The van der Waals surface area contributed by atoms with E-state index in [4.69, 9.17) is 67.6 Å². The van der Waals surface area contributed by atoms with Gasteiger partial charge in [-0.2, -0.15) is 0 Å². The number of unbranched alkanes of at least 4 members (excludes halogenated alkanes) is 2. The Balaban J connectivity index is 0.000000949. The molecule has 39 nitrogen and oxygen atoms in total. The lowest BCUT2D eigenvalue weighted by Crippen LogP contribution is -2.44. The van der Waals surface area contributed by atoms with Crippen molar-refractivity contribution in [3.05, 3.63) is 71.3 Å². The van der Waals surface area contributed by atoms with Gasteiger partial charge in [0.05, 0.1) is 77.6 Å². The fourth-order valence-corrected chi connectivity index (χ4v) is 12.3. The summed E-state index contributed by atoms with van der Waals surface area (Å²) in [6.45, 7) is 19.7. The van der Waals surface area contributed by atoms with E-state index in [2.05, 4.69) is 47.9 Å². The number of urea groups is 3. The van der Waals surface area contributed by atoms with Gasteiger partial charge in [-0.1, -0.05) is 59.7 Å². The second-order valence-electron chi connectivity index (χ2n) is 30.7. The third kappa shape index (κ3) is 52.3. The lowest BCUT2D eigenvalue weighted by molar-refractivity contribution is -0.130. The van der Waals surface area contributed by atoms with E-state index in [1.54, 1.807) is 70.2 Å². The maximum atomic E-state index is 13.4. The van der Waals surface area contributed by atoms with Crippen molar-refractivity contribution in [3.63, 3.8) is 0 Å². The topological polar surface area (TPSA) is 629 Å². The Labute approximate surface area is 733 Å². The first-order valence-electron chi connectivity index (χ1n) is 42.5. The average molecular weight is 1770 g/mol. The van der Waals surface area contributed by atoms with E-state index in [0.29, 0.717) is 170 Å². The van der Waals surface area contributed by atoms with Gasteiger partial charge in [0.1, 0.15) is 37.1 Å². The first-order chi connectivity index (χ1) is 59.5. The number of aliphatic hydroxyl groups is 3. The van der Waals surface area contributed by atoms with Gasteiger partial charge in [-0.15, -0.1) is 0 Å². The number of ether oxygens (including phenoxy) is 7. The lowest BCUT2D eigenvalue weighted by Gasteiger charge is -2.23. The molecular formula is C86H141N15O24. The smallest absolute Gasteiger partial charge is 0.312 e. The molecule has 3 aromatic rings. The summed E-state index contributed by atoms with van der Waals surface area (Å²) >= 11 is 0. The molecule has 12 amide bonds. The quantitative estimate of drug-likeness (QED) is 0.0357. The minimum Gasteiger partial charge on any atom is -0.491 e. The number of nitrogens with one attached hydrogen (secondary N) is 9. The number of primary amides is 3. The van der Waals surface area contributed by atoms with E-state index in [9.17, 15) is 82.4 Å². The molecule has 0 saturated heterocycles. The van der Waals surface area contributed by atoms with E-state index in [0.717, 1.165) is 12.8 Å². The average Bonchev–Trinajstić information content (AvgIpc) is 0.853. The third-order valence-corrected chi connectivity index (χ3v) is 18.8. The van der Waals surface area contributed by atoms with Gasteiger partial charge in [-0.05, 0) is 120 Å². The van der Waals surface area contributed by atoms with Gasteiger partial charge in [-0.3, -0.25) is 52.7 Å². The van der Waals surface area contributed by atoms with Crippen LogP contribution in [-0.2, 0) is 91.5 Å². The zero-order chi connectivity index (χ0) is 93.6. The number of benzene rings is 3. The SMILES string of the molecule is CC(=O)N[C@H](C(=O)C[C@@H](CCCNC(N)=O)C(=O)Nc1ccc(CO)c(OCC(=O)CCCCN)c1)C(C)C.CC(=O)N[C@H](C(=O)C[C@@H](CCCNC(N)=O)C(=O)Nc1ccc(CO)c(OCC(=O)CCCCOCCOCCOCCCN)c1)C(C)C.CC(=O)N[C@H](C(=O)C[C@@H](CCCNC(N)=O)C(=O)Nc1ccc(CO)c(OCCOCCN)c1)C(C)C. The zero-order valence-electron chi connectivity index (χ0n) is 74.2. The molecule has 0 saturated carbocycles. The van der Waals surface area contributed by atoms with Crippen molar-refractivity contribution < 1.29 is 116 Å². The molecule has 39 heteroatoms. The van der Waals surface area contributed by atoms with E-state index in [-0.39, 0.29) is 167 Å². The van der Waals surface area contributed by atoms with Gasteiger partial charge in [0.2, 0.25) is 35.4 Å². The zero-order valence-corrected chi connectivity index (χ0v) is 74.2. The summed E-state index contributed by atoms with van der Waals surface area (Å²) in [4.78, 5) is 171. The van der Waals surface area contributed by atoms with E-state index >= 15 is 0 Å². The van der Waals surface area contributed by atoms with Crippen LogP contribution >= 0.6 is 0 Å². The Morgan fingerprint density at radius 1 is 0.352 bits per heavy atom. The number of anilines is 3. The molecule has 125 heavy (non-hydrogen) atoms. The van der Waals surface area contributed by atoms with Crippen molar-refractivity contribution in [2.45, 2.75) is 203 Å². The molecule has 3 aromatic carbocycles. The Bertz CT molecular complexity index is 3780. The summed E-state index contributed by atoms with van der Waals surface area (Å²) in [5.74, 6) is -5.25. The second-order valence-corrected chi connectivity index (χ2v) is 30.7. The number of hydrogen-bond acceptors (Lipinski definition) is 27. The van der Waals surface area contributed by atoms with E-state index in [1.165, 1.54) is 32.9 Å². The molecule has 0 heterocycles. The summed E-state index contributed by atoms with van der Waals surface area (Å²) in [6.07, 6.45) is 5.85. The fraction of sp³-hybridized carbons (Fsp3) is 0.628. The van der Waals surface area contributed by atoms with Gasteiger partial charge in [-0.25, -0.2) is 14.4 Å². The van der Waals surface area contributed by atoms with Crippen molar-refractivity contribution in [3.8, 4) is 17.2 Å². The number of Topliss-reactive ketones (excluding diaryl/α,β-unsaturated/α-hetero) is 5. The van der Waals surface area contributed by atoms with Gasteiger partial charge in [0.25, 0.3) is 0 Å². The van der Waals surface area contributed by atoms with Crippen molar-refractivity contribution in [2.75, 3.05) is 128 Å². The predicted molar refractivity (Wildman–Crippen MR) is 469 cm³/mol. The summed E-state index contributed by atoms with van der Waals surface area (Å²) < 4.78 is 38.6. The van der Waals surface area contributed by atoms with Crippen LogP contribution in [0, 0.1) is 35.5 Å². The molecule has 0 aliphatic carbocycles. The number of carbonyl (C=O) groups excluding carboxylic acids is 14. The van der Waals surface area contributed by atoms with Crippen LogP contribution in [0.15, 0.2) is 54.6 Å². The predicted octanol–water partition coefficient (Wildman–Crippen LogP) is 3.85. The van der Waals surface area contributed by atoms with Crippen LogP contribution in [0.5, 0.6) is 17.2 Å². The number of carbonyl (C=O) groups is 14. The maximum Gasteiger partial charge on any atom is 0.312 e. The second kappa shape index (κ2) is 67.1. The molecule has 0 radical (unpaired) electrons. The molecule has 0 aliphatic heterocycles. The number of rotatable bonds is 66. The Kier molecular flexibility index (Phi) is 60.4. The Hall–Kier alpha value is -10.4. The van der Waals surface area contributed by atoms with Crippen LogP contribution in [-0.4, -0.2) is 228 Å². The molecule has 0 spiro atoms. The molecule has 0 unspecified atom stereocenters. The Morgan fingerprint density at radius 2 is 0.648 bits per heavy atom. The van der Waals surface area contributed by atoms with Crippen LogP contribution < -0.4 is 96.5 Å². The largest absolute Gasteiger partial charge is 0.491 e. The normalized spacial score (nSPS) is 12.4. The minimum absolute atomic E-state index is 0.0951. The molecule has 0 fully saturated rings. The van der Waals surface area contributed by atoms with Crippen molar-refractivity contribution in [2.24, 2.45) is 69.9 Å². The molecule has 6 atom stereocenters. The van der Waals surface area contributed by atoms with E-state index < -0.39 is 71.7 Å². The standard InChI is InChI=1S/C34H57N5O10.C27H43N5O7.C25H41N5O7/c1-24(2)32(38-25(3)41)30(43)20-26(8-6-13-37-34(36)45)33(44)39-28-11-10-27(22-40)31(21-28)49-23-29(42)9-4-5-14-46-16-18-48-19-17-47-15-7-12-35;1-17(2)25(31-18(3)34)23(36)13-19(7-6-12-30-27(29)38)26(37)32-21-10-9-20(15-33)24(14-21)39-16-22(35)8-4-5-11-28;1-16(2)23(29-17(3)32)21(33)13-18(5-4-9-28-25(27)35)24(34)30-20-7-6-19(15-31)22(14-20)37-12-11-36-10-8-26/h10-11,21,24,26,32,40H,4-9,12-20,22-23,35H2,1-3H3,(H,38,41)(H,39,44)(H3,36,37,45);9-10,14,17,19,25,33H,4-8,11-13,15-16,28H2,1-3H3,(H,31,34)(H,32,37)(H3,29,30,38);6-7,14,16,18,23,31H,4-5,8-13,15,26H2,1-3H3,(H,29,32)(H,30,34)(H3,27,28,35)/t26-,32+;19-,25+;18-,23+/m111/s1.